The van der Waals surface area contributed by atoms with Gasteiger partial charge in [-0.2, -0.15) is 0 Å². The molecule has 0 radical (unpaired) electrons. The summed E-state index contributed by atoms with van der Waals surface area (Å²) in [5.41, 5.74) is 2.40. The van der Waals surface area contributed by atoms with Crippen molar-refractivity contribution in [1.29, 1.82) is 0 Å². The average Bonchev–Trinajstić information content (AvgIpc) is 2.53. The largest absolute Gasteiger partial charge is 0.391 e. The minimum absolute atomic E-state index is 0. The summed E-state index contributed by atoms with van der Waals surface area (Å²) in [5, 5.41) is 12.3. The van der Waals surface area contributed by atoms with Crippen molar-refractivity contribution in [1.82, 2.24) is 5.01 Å². The van der Waals surface area contributed by atoms with Gasteiger partial charge >= 0.3 is 0 Å². The molecule has 2 aromatic carbocycles. The zero-order chi connectivity index (χ0) is 14.7. The number of nitrogens with two attached hydrogens (primary N) is 1. The number of hydrogen-bond acceptors (Lipinski definition) is 3. The first-order valence-electron chi connectivity index (χ1n) is 7.56. The molecule has 22 heavy (non-hydrogen) atoms. The predicted octanol–water partition coefficient (Wildman–Crippen LogP) is 2.94. The molecule has 1 fully saturated rings. The normalized spacial score (nSPS) is 22.3. The van der Waals surface area contributed by atoms with Gasteiger partial charge in [0.15, 0.2) is 0 Å². The highest BCUT2D eigenvalue weighted by atomic mass is 35.5. The molecule has 1 aliphatic heterocycles. The molecule has 3 N–H and O–H groups in total. The van der Waals surface area contributed by atoms with Gasteiger partial charge in [0.1, 0.15) is 0 Å². The number of nitrogens with zero attached hydrogens (tertiary/aromatic N) is 1. The second kappa shape index (κ2) is 7.75. The van der Waals surface area contributed by atoms with Crippen LogP contribution >= 0.6 is 12.4 Å². The Labute approximate surface area is 138 Å². The fourth-order valence-electron chi connectivity index (χ4n) is 3.35. The van der Waals surface area contributed by atoms with Crippen LogP contribution in [0.4, 0.5) is 0 Å². The van der Waals surface area contributed by atoms with Crippen molar-refractivity contribution in [2.75, 3.05) is 6.54 Å². The third kappa shape index (κ3) is 3.50. The van der Waals surface area contributed by atoms with E-state index in [2.05, 4.69) is 24.3 Å². The lowest BCUT2D eigenvalue weighted by Gasteiger charge is -2.41. The number of piperidine rings is 1. The number of benzene rings is 2. The molecule has 0 spiro atoms. The summed E-state index contributed by atoms with van der Waals surface area (Å²) in [6, 6.07) is 20.6. The highest BCUT2D eigenvalue weighted by molar-refractivity contribution is 5.85. The van der Waals surface area contributed by atoms with Gasteiger partial charge in [0.25, 0.3) is 0 Å². The molecule has 0 bridgehead atoms. The summed E-state index contributed by atoms with van der Waals surface area (Å²) in [6.45, 7) is 0.831. The van der Waals surface area contributed by atoms with Gasteiger partial charge in [-0.15, -0.1) is 12.4 Å². The summed E-state index contributed by atoms with van der Waals surface area (Å²) in [7, 11) is 0. The molecule has 0 amide bonds. The van der Waals surface area contributed by atoms with Crippen LogP contribution in [0.5, 0.6) is 0 Å². The van der Waals surface area contributed by atoms with Gasteiger partial charge < -0.3 is 5.11 Å². The van der Waals surface area contributed by atoms with E-state index in [1.54, 1.807) is 0 Å². The second-order valence-electron chi connectivity index (χ2n) is 5.74. The van der Waals surface area contributed by atoms with E-state index in [9.17, 15) is 5.11 Å². The standard InChI is InChI=1S/C18H22N2O.ClH/c19-20-13-7-12-16(21)18(20)17(14-8-3-1-4-9-14)15-10-5-2-6-11-15;/h1-6,8-11,16-18,21H,7,12-13,19H2;1H. The summed E-state index contributed by atoms with van der Waals surface area (Å²) < 4.78 is 0. The van der Waals surface area contributed by atoms with Gasteiger partial charge in [0.05, 0.1) is 12.1 Å². The SMILES string of the molecule is Cl.NN1CCCC(O)C1C(c1ccccc1)c1ccccc1. The van der Waals surface area contributed by atoms with Crippen molar-refractivity contribution in [2.45, 2.75) is 30.9 Å². The summed E-state index contributed by atoms with van der Waals surface area (Å²) in [6.07, 6.45) is 1.37. The number of hydrogen-bond donors (Lipinski definition) is 2. The molecule has 4 heteroatoms. The Kier molecular flexibility index (Phi) is 5.98. The van der Waals surface area contributed by atoms with Crippen molar-refractivity contribution < 1.29 is 5.11 Å². The third-order valence-corrected chi connectivity index (χ3v) is 4.35. The first-order valence-corrected chi connectivity index (χ1v) is 7.56. The van der Waals surface area contributed by atoms with Crippen LogP contribution in [0, 0.1) is 0 Å². The summed E-state index contributed by atoms with van der Waals surface area (Å²) in [5.74, 6) is 6.31. The number of aliphatic hydroxyl groups excluding tert-OH is 1. The van der Waals surface area contributed by atoms with E-state index in [1.165, 1.54) is 11.1 Å². The van der Waals surface area contributed by atoms with Crippen LogP contribution in [-0.4, -0.2) is 28.8 Å². The molecule has 2 unspecified atom stereocenters. The van der Waals surface area contributed by atoms with Crippen molar-refractivity contribution in [3.05, 3.63) is 71.8 Å². The van der Waals surface area contributed by atoms with Gasteiger partial charge in [-0.05, 0) is 24.0 Å². The number of hydrazine groups is 1. The molecule has 2 atom stereocenters. The Morgan fingerprint density at radius 2 is 1.45 bits per heavy atom. The minimum atomic E-state index is -0.394. The van der Waals surface area contributed by atoms with Gasteiger partial charge in [0.2, 0.25) is 0 Å². The molecule has 0 aliphatic carbocycles. The Morgan fingerprint density at radius 3 is 1.91 bits per heavy atom. The number of rotatable bonds is 3. The maximum atomic E-state index is 10.5. The maximum Gasteiger partial charge on any atom is 0.0719 e. The van der Waals surface area contributed by atoms with E-state index in [0.29, 0.717) is 0 Å². The van der Waals surface area contributed by atoms with Crippen molar-refractivity contribution in [2.24, 2.45) is 5.84 Å². The van der Waals surface area contributed by atoms with Crippen molar-refractivity contribution in [3.8, 4) is 0 Å². The maximum absolute atomic E-state index is 10.5. The van der Waals surface area contributed by atoms with Crippen molar-refractivity contribution in [3.63, 3.8) is 0 Å². The molecule has 1 saturated heterocycles. The highest BCUT2D eigenvalue weighted by Gasteiger charge is 2.36. The topological polar surface area (TPSA) is 49.5 Å². The molecule has 1 heterocycles. The Hall–Kier alpha value is -1.39. The number of halogens is 1. The molecule has 0 saturated carbocycles. The molecule has 118 valence electrons. The Bertz CT molecular complexity index is 514. The fourth-order valence-corrected chi connectivity index (χ4v) is 3.35. The lowest BCUT2D eigenvalue weighted by atomic mass is 9.80. The molecule has 2 aromatic rings. The van der Waals surface area contributed by atoms with E-state index < -0.39 is 6.10 Å². The van der Waals surface area contributed by atoms with Crippen LogP contribution in [-0.2, 0) is 0 Å². The lowest BCUT2D eigenvalue weighted by molar-refractivity contribution is 0.00262. The molecule has 3 nitrogen and oxygen atoms in total. The highest BCUT2D eigenvalue weighted by Crippen LogP contribution is 2.34. The zero-order valence-electron chi connectivity index (χ0n) is 12.5. The molecule has 3 rings (SSSR count). The van der Waals surface area contributed by atoms with Gasteiger partial charge in [-0.3, -0.25) is 5.84 Å². The first kappa shape index (κ1) is 17.0. The monoisotopic (exact) mass is 318 g/mol. The van der Waals surface area contributed by atoms with Crippen LogP contribution in [0.3, 0.4) is 0 Å². The first-order chi connectivity index (χ1) is 10.3. The minimum Gasteiger partial charge on any atom is -0.391 e. The van der Waals surface area contributed by atoms with Crippen LogP contribution in [0.25, 0.3) is 0 Å². The van der Waals surface area contributed by atoms with Gasteiger partial charge in [0, 0.05) is 12.5 Å². The third-order valence-electron chi connectivity index (χ3n) is 4.35. The van der Waals surface area contributed by atoms with Gasteiger partial charge in [-0.1, -0.05) is 60.7 Å². The van der Waals surface area contributed by atoms with Crippen LogP contribution in [0.2, 0.25) is 0 Å². The smallest absolute Gasteiger partial charge is 0.0719 e. The molecular formula is C18H23ClN2O. The Morgan fingerprint density at radius 1 is 0.955 bits per heavy atom. The average molecular weight is 319 g/mol. The van der Waals surface area contributed by atoms with Crippen molar-refractivity contribution >= 4 is 12.4 Å². The van der Waals surface area contributed by atoms with Crippen LogP contribution < -0.4 is 5.84 Å². The van der Waals surface area contributed by atoms with E-state index >= 15 is 0 Å². The lowest BCUT2D eigenvalue weighted by Crippen LogP contribution is -2.54. The quantitative estimate of drug-likeness (QED) is 0.856. The van der Waals surface area contributed by atoms with Crippen LogP contribution in [0.15, 0.2) is 60.7 Å². The summed E-state index contributed by atoms with van der Waals surface area (Å²) >= 11 is 0. The molecule has 0 aromatic heterocycles. The van der Waals surface area contributed by atoms with E-state index in [1.807, 2.05) is 41.4 Å². The van der Waals surface area contributed by atoms with E-state index in [4.69, 9.17) is 5.84 Å². The van der Waals surface area contributed by atoms with Gasteiger partial charge in [-0.25, -0.2) is 5.01 Å². The predicted molar refractivity (Wildman–Crippen MR) is 91.9 cm³/mol. The van der Waals surface area contributed by atoms with Crippen LogP contribution in [0.1, 0.15) is 29.9 Å². The number of aliphatic hydroxyl groups is 1. The van der Waals surface area contributed by atoms with E-state index in [-0.39, 0.29) is 24.4 Å². The second-order valence-corrected chi connectivity index (χ2v) is 5.74. The Balaban J connectivity index is 0.00000176. The fraction of sp³-hybridized carbons (Fsp3) is 0.333. The molecular weight excluding hydrogens is 296 g/mol. The zero-order valence-corrected chi connectivity index (χ0v) is 13.3. The van der Waals surface area contributed by atoms with E-state index in [0.717, 1.165) is 19.4 Å². The summed E-state index contributed by atoms with van der Waals surface area (Å²) in [4.78, 5) is 0. The molecule has 1 aliphatic rings.